The van der Waals surface area contributed by atoms with Crippen molar-refractivity contribution in [2.45, 2.75) is 64.3 Å². The summed E-state index contributed by atoms with van der Waals surface area (Å²) in [5.74, 6) is 1.64. The molecule has 194 valence electrons. The Labute approximate surface area is 220 Å². The molecule has 1 fully saturated rings. The lowest BCUT2D eigenvalue weighted by Gasteiger charge is -2.40. The highest BCUT2D eigenvalue weighted by Crippen LogP contribution is 2.52. The van der Waals surface area contributed by atoms with E-state index >= 15 is 0 Å². The van der Waals surface area contributed by atoms with Gasteiger partial charge in [-0.05, 0) is 60.1 Å². The lowest BCUT2D eigenvalue weighted by atomic mass is 9.73. The number of carbonyl (C=O) groups excluding carboxylic acids is 2. The lowest BCUT2D eigenvalue weighted by Crippen LogP contribution is -2.44. The van der Waals surface area contributed by atoms with Crippen LogP contribution in [0.2, 0.25) is 0 Å². The number of aromatic nitrogens is 2. The molecule has 0 saturated carbocycles. The van der Waals surface area contributed by atoms with Crippen LogP contribution in [0, 0.1) is 12.8 Å². The molecule has 1 aliphatic heterocycles. The molecular weight excluding hydrogens is 460 g/mol. The first-order valence-electron chi connectivity index (χ1n) is 13.6. The third-order valence-electron chi connectivity index (χ3n) is 8.13. The molecule has 3 aromatic rings. The van der Waals surface area contributed by atoms with Crippen LogP contribution in [-0.2, 0) is 16.8 Å². The van der Waals surface area contributed by atoms with Gasteiger partial charge >= 0.3 is 0 Å². The van der Waals surface area contributed by atoms with E-state index in [1.54, 1.807) is 6.20 Å². The highest BCUT2D eigenvalue weighted by molar-refractivity contribution is 5.92. The van der Waals surface area contributed by atoms with Crippen molar-refractivity contribution in [2.75, 3.05) is 19.6 Å². The number of aryl methyl sites for hydroxylation is 1. The van der Waals surface area contributed by atoms with Crippen molar-refractivity contribution in [1.82, 2.24) is 19.8 Å². The van der Waals surface area contributed by atoms with E-state index in [9.17, 15) is 9.59 Å². The molecule has 1 aromatic heterocycles. The van der Waals surface area contributed by atoms with Gasteiger partial charge in [-0.15, -0.1) is 0 Å². The van der Waals surface area contributed by atoms with Crippen LogP contribution < -0.4 is 0 Å². The van der Waals surface area contributed by atoms with Gasteiger partial charge in [0.2, 0.25) is 5.91 Å². The van der Waals surface area contributed by atoms with Crippen LogP contribution in [0.5, 0.6) is 0 Å². The number of rotatable bonds is 7. The normalized spacial score (nSPS) is 18.3. The summed E-state index contributed by atoms with van der Waals surface area (Å²) < 4.78 is 0. The summed E-state index contributed by atoms with van der Waals surface area (Å²) >= 11 is 0. The molecule has 0 radical (unpaired) electrons. The van der Waals surface area contributed by atoms with Crippen molar-refractivity contribution < 1.29 is 9.59 Å². The van der Waals surface area contributed by atoms with E-state index in [4.69, 9.17) is 0 Å². The maximum absolute atomic E-state index is 13.7. The Morgan fingerprint density at radius 1 is 1.08 bits per heavy atom. The number of nitrogens with zero attached hydrogens (tertiary/aromatic N) is 3. The Bertz CT molecular complexity index is 1240. The molecule has 6 heteroatoms. The van der Waals surface area contributed by atoms with Crippen LogP contribution in [0.4, 0.5) is 0 Å². The van der Waals surface area contributed by atoms with Crippen LogP contribution in [-0.4, -0.2) is 51.2 Å². The summed E-state index contributed by atoms with van der Waals surface area (Å²) in [6.07, 6.45) is 4.99. The highest BCUT2D eigenvalue weighted by atomic mass is 16.2. The molecule has 2 aromatic carbocycles. The lowest BCUT2D eigenvalue weighted by molar-refractivity contribution is -0.132. The van der Waals surface area contributed by atoms with Crippen molar-refractivity contribution >= 4 is 11.8 Å². The Kier molecular flexibility index (Phi) is 7.18. The molecule has 1 spiro atoms. The average molecular weight is 499 g/mol. The summed E-state index contributed by atoms with van der Waals surface area (Å²) in [5, 5.41) is 0. The third kappa shape index (κ3) is 5.34. The zero-order valence-electron chi connectivity index (χ0n) is 22.2. The zero-order chi connectivity index (χ0) is 26.0. The van der Waals surface area contributed by atoms with Gasteiger partial charge in [0.05, 0.1) is 6.20 Å². The first-order valence-corrected chi connectivity index (χ1v) is 13.6. The van der Waals surface area contributed by atoms with E-state index in [-0.39, 0.29) is 23.1 Å². The summed E-state index contributed by atoms with van der Waals surface area (Å²) in [4.78, 5) is 37.9. The van der Waals surface area contributed by atoms with E-state index in [0.717, 1.165) is 44.7 Å². The number of imidazole rings is 1. The number of nitrogens with one attached hydrogen (secondary N) is 1. The van der Waals surface area contributed by atoms with Crippen LogP contribution >= 0.6 is 0 Å². The Balaban J connectivity index is 1.30. The maximum Gasteiger partial charge on any atom is 0.271 e. The van der Waals surface area contributed by atoms with Crippen LogP contribution in [0.25, 0.3) is 0 Å². The molecule has 5 rings (SSSR count). The van der Waals surface area contributed by atoms with Crippen molar-refractivity contribution in [3.63, 3.8) is 0 Å². The van der Waals surface area contributed by atoms with Crippen molar-refractivity contribution in [3.8, 4) is 0 Å². The number of hydrogen-bond donors (Lipinski definition) is 1. The van der Waals surface area contributed by atoms with E-state index in [1.807, 2.05) is 34.9 Å². The van der Waals surface area contributed by atoms with E-state index in [2.05, 4.69) is 60.2 Å². The number of H-pyrrole nitrogens is 1. The molecule has 1 unspecified atom stereocenters. The Morgan fingerprint density at radius 3 is 2.46 bits per heavy atom. The Morgan fingerprint density at radius 2 is 1.78 bits per heavy atom. The summed E-state index contributed by atoms with van der Waals surface area (Å²) in [6, 6.07) is 19.0. The number of aromatic amines is 1. The number of amides is 2. The second-order valence-corrected chi connectivity index (χ2v) is 11.3. The molecule has 1 N–H and O–H groups in total. The SMILES string of the molecule is Cc1ncc(C(=O)N2CCC3(CC2)CC(CC(=O)N(Cc2ccccc2)CC(C)C)c2ccccc23)[nH]1. The molecule has 1 atom stereocenters. The van der Waals surface area contributed by atoms with Gasteiger partial charge in [-0.1, -0.05) is 68.4 Å². The van der Waals surface area contributed by atoms with Crippen LogP contribution in [0.1, 0.15) is 78.5 Å². The second kappa shape index (κ2) is 10.5. The fourth-order valence-electron chi connectivity index (χ4n) is 6.36. The molecule has 37 heavy (non-hydrogen) atoms. The highest BCUT2D eigenvalue weighted by Gasteiger charge is 2.46. The standard InChI is InChI=1S/C31H38N4O2/c1-22(2)20-35(21-24-9-5-4-6-10-24)29(36)17-25-18-31(27-12-8-7-11-26(25)27)13-15-34(16-14-31)30(37)28-19-32-23(3)33-28/h4-12,19,22,25H,13-18,20-21H2,1-3H3,(H,32,33). The number of piperidine rings is 1. The fraction of sp³-hybridized carbons (Fsp3) is 0.452. The van der Waals surface area contributed by atoms with Crippen molar-refractivity contribution in [1.29, 1.82) is 0 Å². The van der Waals surface area contributed by atoms with Gasteiger partial charge in [-0.25, -0.2) is 4.98 Å². The van der Waals surface area contributed by atoms with E-state index < -0.39 is 0 Å². The molecule has 1 saturated heterocycles. The first kappa shape index (κ1) is 25.2. The van der Waals surface area contributed by atoms with Gasteiger partial charge < -0.3 is 14.8 Å². The minimum Gasteiger partial charge on any atom is -0.338 e. The van der Waals surface area contributed by atoms with E-state index in [1.165, 1.54) is 16.7 Å². The first-order chi connectivity index (χ1) is 17.8. The van der Waals surface area contributed by atoms with Gasteiger partial charge in [0.1, 0.15) is 11.5 Å². The fourth-order valence-corrected chi connectivity index (χ4v) is 6.36. The monoisotopic (exact) mass is 498 g/mol. The summed E-state index contributed by atoms with van der Waals surface area (Å²) in [6.45, 7) is 9.06. The summed E-state index contributed by atoms with van der Waals surface area (Å²) in [7, 11) is 0. The molecular formula is C31H38N4O2. The topological polar surface area (TPSA) is 69.3 Å². The van der Waals surface area contributed by atoms with Crippen molar-refractivity contribution in [3.05, 3.63) is 89.0 Å². The van der Waals surface area contributed by atoms with E-state index in [0.29, 0.717) is 24.6 Å². The molecule has 0 bridgehead atoms. The van der Waals surface area contributed by atoms with Crippen molar-refractivity contribution in [2.24, 2.45) is 5.92 Å². The van der Waals surface area contributed by atoms with Crippen LogP contribution in [0.15, 0.2) is 60.8 Å². The van der Waals surface area contributed by atoms with Gasteiger partial charge in [-0.3, -0.25) is 9.59 Å². The molecule has 2 amide bonds. The van der Waals surface area contributed by atoms with Gasteiger partial charge in [-0.2, -0.15) is 0 Å². The quantitative estimate of drug-likeness (QED) is 0.471. The number of benzene rings is 2. The molecule has 2 heterocycles. The second-order valence-electron chi connectivity index (χ2n) is 11.3. The van der Waals surface area contributed by atoms with Gasteiger partial charge in [0.15, 0.2) is 0 Å². The van der Waals surface area contributed by atoms with Gasteiger partial charge in [0.25, 0.3) is 5.91 Å². The predicted octanol–water partition coefficient (Wildman–Crippen LogP) is 5.45. The number of fused-ring (bicyclic) bond motifs is 2. The largest absolute Gasteiger partial charge is 0.338 e. The van der Waals surface area contributed by atoms with Crippen LogP contribution in [0.3, 0.4) is 0 Å². The zero-order valence-corrected chi connectivity index (χ0v) is 22.2. The number of likely N-dealkylation sites (tertiary alicyclic amines) is 1. The smallest absolute Gasteiger partial charge is 0.271 e. The third-order valence-corrected chi connectivity index (χ3v) is 8.13. The average Bonchev–Trinajstić information content (AvgIpc) is 3.46. The Hall–Kier alpha value is -3.41. The molecule has 2 aliphatic rings. The predicted molar refractivity (Wildman–Crippen MR) is 145 cm³/mol. The number of carbonyl (C=O) groups is 2. The maximum atomic E-state index is 13.7. The molecule has 6 nitrogen and oxygen atoms in total. The minimum absolute atomic E-state index is 0.0266. The molecule has 1 aliphatic carbocycles. The summed E-state index contributed by atoms with van der Waals surface area (Å²) in [5.41, 5.74) is 4.47. The van der Waals surface area contributed by atoms with Gasteiger partial charge in [0, 0.05) is 32.6 Å². The minimum atomic E-state index is 0.0266. The number of hydrogen-bond acceptors (Lipinski definition) is 3.